The largest absolute Gasteiger partial charge is 0.355 e. The molecule has 0 spiro atoms. The third kappa shape index (κ3) is 6.57. The molecule has 0 aliphatic carbocycles. The van der Waals surface area contributed by atoms with Gasteiger partial charge in [0.05, 0.1) is 4.90 Å². The number of halogens is 1. The van der Waals surface area contributed by atoms with Gasteiger partial charge in [0.1, 0.15) is 6.04 Å². The van der Waals surface area contributed by atoms with Gasteiger partial charge in [0, 0.05) is 37.3 Å². The second kappa shape index (κ2) is 11.9. The van der Waals surface area contributed by atoms with E-state index in [1.165, 1.54) is 28.6 Å². The van der Waals surface area contributed by atoms with Crippen LogP contribution in [0.1, 0.15) is 40.7 Å². The van der Waals surface area contributed by atoms with Crippen LogP contribution in [0.2, 0.25) is 5.02 Å². The molecule has 0 aromatic heterocycles. The summed E-state index contributed by atoms with van der Waals surface area (Å²) < 4.78 is 28.6. The van der Waals surface area contributed by atoms with Crippen LogP contribution in [0.5, 0.6) is 0 Å². The lowest BCUT2D eigenvalue weighted by Crippen LogP contribution is -2.48. The molecule has 194 valence electrons. The quantitative estimate of drug-likeness (QED) is 0.457. The Bertz CT molecular complexity index is 1330. The lowest BCUT2D eigenvalue weighted by atomic mass is 10.1. The van der Waals surface area contributed by atoms with Crippen molar-refractivity contribution in [3.8, 4) is 0 Å². The van der Waals surface area contributed by atoms with Crippen molar-refractivity contribution in [2.45, 2.75) is 43.3 Å². The minimum atomic E-state index is -4.00. The average Bonchev–Trinajstić information content (AvgIpc) is 3.12. The van der Waals surface area contributed by atoms with E-state index in [1.807, 2.05) is 30.3 Å². The molecular formula is C28H30ClN3O4S. The summed E-state index contributed by atoms with van der Waals surface area (Å²) >= 11 is 5.97. The zero-order chi connectivity index (χ0) is 26.4. The van der Waals surface area contributed by atoms with Crippen molar-refractivity contribution in [3.63, 3.8) is 0 Å². The van der Waals surface area contributed by atoms with Crippen LogP contribution in [0.25, 0.3) is 0 Å². The Morgan fingerprint density at radius 2 is 1.57 bits per heavy atom. The van der Waals surface area contributed by atoms with Crippen LogP contribution >= 0.6 is 11.6 Å². The summed E-state index contributed by atoms with van der Waals surface area (Å²) in [6, 6.07) is 21.7. The van der Waals surface area contributed by atoms with Crippen LogP contribution in [-0.4, -0.2) is 49.1 Å². The number of hydrogen-bond donors (Lipinski definition) is 1. The summed E-state index contributed by atoms with van der Waals surface area (Å²) in [4.78, 5) is 27.5. The molecule has 37 heavy (non-hydrogen) atoms. The van der Waals surface area contributed by atoms with Gasteiger partial charge in [-0.3, -0.25) is 9.59 Å². The number of nitrogens with one attached hydrogen (secondary N) is 1. The van der Waals surface area contributed by atoms with E-state index in [0.717, 1.165) is 18.4 Å². The molecular weight excluding hydrogens is 510 g/mol. The number of hydrogen-bond acceptors (Lipinski definition) is 4. The molecule has 1 N–H and O–H groups in total. The van der Waals surface area contributed by atoms with E-state index in [9.17, 15) is 18.0 Å². The van der Waals surface area contributed by atoms with Crippen LogP contribution < -0.4 is 5.32 Å². The molecule has 7 nitrogen and oxygen atoms in total. The summed E-state index contributed by atoms with van der Waals surface area (Å²) in [5, 5.41) is 3.26. The SMILES string of the molecule is CN(Cc1ccccc1)C(=O)c1ccc(CN([C@@H]2CCCCNC2=O)S(=O)(=O)c2ccc(Cl)cc2)cc1. The first kappa shape index (κ1) is 26.9. The smallest absolute Gasteiger partial charge is 0.253 e. The van der Waals surface area contributed by atoms with E-state index in [-0.39, 0.29) is 23.3 Å². The molecule has 0 saturated carbocycles. The molecule has 1 saturated heterocycles. The highest BCUT2D eigenvalue weighted by molar-refractivity contribution is 7.89. The van der Waals surface area contributed by atoms with Gasteiger partial charge in [0.15, 0.2) is 0 Å². The van der Waals surface area contributed by atoms with Gasteiger partial charge in [-0.05, 0) is 66.8 Å². The Morgan fingerprint density at radius 1 is 0.919 bits per heavy atom. The number of carbonyl (C=O) groups is 2. The first-order valence-electron chi connectivity index (χ1n) is 12.2. The minimum absolute atomic E-state index is 0.00261. The second-order valence-corrected chi connectivity index (χ2v) is 11.5. The summed E-state index contributed by atoms with van der Waals surface area (Å²) in [6.07, 6.45) is 1.96. The number of carbonyl (C=O) groups excluding carboxylic acids is 2. The molecule has 2 amide bonds. The number of sulfonamides is 1. The van der Waals surface area contributed by atoms with Crippen LogP contribution in [0.3, 0.4) is 0 Å². The van der Waals surface area contributed by atoms with Crippen LogP contribution in [-0.2, 0) is 27.9 Å². The van der Waals surface area contributed by atoms with E-state index in [0.29, 0.717) is 35.7 Å². The number of nitrogens with zero attached hydrogens (tertiary/aromatic N) is 2. The molecule has 3 aromatic rings. The minimum Gasteiger partial charge on any atom is -0.355 e. The van der Waals surface area contributed by atoms with Crippen molar-refractivity contribution in [1.82, 2.24) is 14.5 Å². The number of amides is 2. The molecule has 1 fully saturated rings. The second-order valence-electron chi connectivity index (χ2n) is 9.15. The highest BCUT2D eigenvalue weighted by atomic mass is 35.5. The van der Waals surface area contributed by atoms with E-state index >= 15 is 0 Å². The van der Waals surface area contributed by atoms with E-state index in [4.69, 9.17) is 11.6 Å². The van der Waals surface area contributed by atoms with Crippen molar-refractivity contribution in [3.05, 3.63) is 101 Å². The Labute approximate surface area is 223 Å². The van der Waals surface area contributed by atoms with Gasteiger partial charge in [0.25, 0.3) is 5.91 Å². The third-order valence-electron chi connectivity index (χ3n) is 6.42. The maximum absolute atomic E-state index is 13.7. The predicted molar refractivity (Wildman–Crippen MR) is 144 cm³/mol. The van der Waals surface area contributed by atoms with Crippen molar-refractivity contribution >= 4 is 33.4 Å². The summed E-state index contributed by atoms with van der Waals surface area (Å²) in [6.45, 7) is 1.00. The van der Waals surface area contributed by atoms with E-state index in [2.05, 4.69) is 5.32 Å². The molecule has 0 radical (unpaired) electrons. The molecule has 1 heterocycles. The van der Waals surface area contributed by atoms with Gasteiger partial charge >= 0.3 is 0 Å². The first-order chi connectivity index (χ1) is 17.8. The zero-order valence-corrected chi connectivity index (χ0v) is 22.2. The van der Waals surface area contributed by atoms with Crippen LogP contribution in [0, 0.1) is 0 Å². The molecule has 1 atom stereocenters. The Hall–Kier alpha value is -3.20. The Kier molecular flexibility index (Phi) is 8.63. The fourth-order valence-corrected chi connectivity index (χ4v) is 6.12. The molecule has 3 aromatic carbocycles. The van der Waals surface area contributed by atoms with Gasteiger partial charge in [-0.25, -0.2) is 8.42 Å². The van der Waals surface area contributed by atoms with Gasteiger partial charge in [-0.2, -0.15) is 4.31 Å². The average molecular weight is 540 g/mol. The molecule has 4 rings (SSSR count). The maximum Gasteiger partial charge on any atom is 0.253 e. The molecule has 9 heteroatoms. The Balaban J connectivity index is 1.57. The fraction of sp³-hybridized carbons (Fsp3) is 0.286. The molecule has 0 unspecified atom stereocenters. The van der Waals surface area contributed by atoms with E-state index < -0.39 is 16.1 Å². The molecule has 0 bridgehead atoms. The van der Waals surface area contributed by atoms with Gasteiger partial charge < -0.3 is 10.2 Å². The van der Waals surface area contributed by atoms with Crippen molar-refractivity contribution in [2.75, 3.05) is 13.6 Å². The van der Waals surface area contributed by atoms with Gasteiger partial charge in [0.2, 0.25) is 15.9 Å². The monoisotopic (exact) mass is 539 g/mol. The number of rotatable bonds is 8. The standard InChI is InChI=1S/C28H30ClN3O4S/c1-31(19-21-7-3-2-4-8-21)28(34)23-12-10-22(11-13-23)20-32(26-9-5-6-18-30-27(26)33)37(35,36)25-16-14-24(29)15-17-25/h2-4,7-8,10-17,26H,5-6,9,18-20H2,1H3,(H,30,33)/t26-/m1/s1. The lowest BCUT2D eigenvalue weighted by Gasteiger charge is -2.29. The van der Waals surface area contributed by atoms with Crippen molar-refractivity contribution < 1.29 is 18.0 Å². The Morgan fingerprint density at radius 3 is 2.24 bits per heavy atom. The topological polar surface area (TPSA) is 86.8 Å². The van der Waals surface area contributed by atoms with Gasteiger partial charge in [-0.1, -0.05) is 54.1 Å². The fourth-order valence-electron chi connectivity index (χ4n) is 4.38. The number of benzene rings is 3. The van der Waals surface area contributed by atoms with Crippen molar-refractivity contribution in [1.29, 1.82) is 0 Å². The highest BCUT2D eigenvalue weighted by Gasteiger charge is 2.36. The normalized spacial score (nSPS) is 16.2. The summed E-state index contributed by atoms with van der Waals surface area (Å²) in [5.74, 6) is -0.437. The molecule has 1 aliphatic heterocycles. The predicted octanol–water partition coefficient (Wildman–Crippen LogP) is 4.47. The summed E-state index contributed by atoms with van der Waals surface area (Å²) in [7, 11) is -2.26. The van der Waals surface area contributed by atoms with Crippen molar-refractivity contribution in [2.24, 2.45) is 0 Å². The third-order valence-corrected chi connectivity index (χ3v) is 8.54. The van der Waals surface area contributed by atoms with Crippen LogP contribution in [0.4, 0.5) is 0 Å². The highest BCUT2D eigenvalue weighted by Crippen LogP contribution is 2.26. The zero-order valence-electron chi connectivity index (χ0n) is 20.6. The first-order valence-corrected chi connectivity index (χ1v) is 14.0. The lowest BCUT2D eigenvalue weighted by molar-refractivity contribution is -0.124. The molecule has 1 aliphatic rings. The van der Waals surface area contributed by atoms with Crippen LogP contribution in [0.15, 0.2) is 83.8 Å². The summed E-state index contributed by atoms with van der Waals surface area (Å²) in [5.41, 5.74) is 2.21. The van der Waals surface area contributed by atoms with E-state index in [1.54, 1.807) is 36.2 Å². The van der Waals surface area contributed by atoms with Gasteiger partial charge in [-0.15, -0.1) is 0 Å². The maximum atomic E-state index is 13.7.